The van der Waals surface area contributed by atoms with E-state index in [1.54, 1.807) is 53.1 Å². The lowest BCUT2D eigenvalue weighted by molar-refractivity contribution is -0.161. The van der Waals surface area contributed by atoms with E-state index in [-0.39, 0.29) is 48.6 Å². The largest absolute Gasteiger partial charge is 0.366 e. The van der Waals surface area contributed by atoms with Crippen LogP contribution < -0.4 is 0 Å². The molecule has 3 aromatic carbocycles. The molecule has 8 nitrogen and oxygen atoms in total. The molecule has 3 aliphatic heterocycles. The number of hydrogen-bond donors (Lipinski definition) is 0. The van der Waals surface area contributed by atoms with E-state index in [9.17, 15) is 22.4 Å². The lowest BCUT2D eigenvalue weighted by Crippen LogP contribution is -2.67. The fourth-order valence-corrected chi connectivity index (χ4v) is 8.39. The van der Waals surface area contributed by atoms with Crippen LogP contribution in [0.4, 0.5) is 4.39 Å². The molecule has 43 heavy (non-hydrogen) atoms. The van der Waals surface area contributed by atoms with Crippen molar-refractivity contribution in [3.05, 3.63) is 101 Å². The van der Waals surface area contributed by atoms with E-state index in [1.807, 2.05) is 31.2 Å². The van der Waals surface area contributed by atoms with Gasteiger partial charge in [0.1, 0.15) is 11.9 Å². The van der Waals surface area contributed by atoms with Crippen molar-refractivity contribution in [2.75, 3.05) is 26.2 Å². The number of ether oxygens (including phenoxy) is 1. The normalized spacial score (nSPS) is 24.3. The first-order valence-electron chi connectivity index (χ1n) is 14.8. The summed E-state index contributed by atoms with van der Waals surface area (Å²) in [6, 6.07) is 19.3. The number of carbonyl (C=O) groups excluding carboxylic acids is 2. The van der Waals surface area contributed by atoms with Gasteiger partial charge in [0.25, 0.3) is 5.91 Å². The van der Waals surface area contributed by atoms with E-state index in [4.69, 9.17) is 4.74 Å². The molecule has 2 saturated heterocycles. The molecule has 0 aliphatic carbocycles. The van der Waals surface area contributed by atoms with Crippen LogP contribution in [0.3, 0.4) is 0 Å². The Morgan fingerprint density at radius 3 is 2.35 bits per heavy atom. The number of rotatable bonds is 5. The van der Waals surface area contributed by atoms with Gasteiger partial charge in [-0.3, -0.25) is 9.59 Å². The molecule has 3 heterocycles. The Kier molecular flexibility index (Phi) is 8.10. The Balaban J connectivity index is 1.33. The molecule has 2 amide bonds. The number of hydrogen-bond acceptors (Lipinski definition) is 5. The summed E-state index contributed by atoms with van der Waals surface area (Å²) in [7, 11) is -3.90. The molecule has 10 heteroatoms. The van der Waals surface area contributed by atoms with Crippen LogP contribution in [0.2, 0.25) is 0 Å². The fourth-order valence-electron chi connectivity index (χ4n) is 6.74. The number of piperazine rings is 1. The third-order valence-electron chi connectivity index (χ3n) is 8.98. The van der Waals surface area contributed by atoms with Gasteiger partial charge in [-0.15, -0.1) is 0 Å². The monoisotopic (exact) mass is 605 g/mol. The van der Waals surface area contributed by atoms with E-state index in [2.05, 4.69) is 0 Å². The van der Waals surface area contributed by atoms with Crippen molar-refractivity contribution in [2.45, 2.75) is 62.2 Å². The summed E-state index contributed by atoms with van der Waals surface area (Å²) in [6.45, 7) is 4.58. The van der Waals surface area contributed by atoms with Crippen molar-refractivity contribution in [3.8, 4) is 0 Å². The highest BCUT2D eigenvalue weighted by atomic mass is 32.2. The first-order valence-corrected chi connectivity index (χ1v) is 16.3. The summed E-state index contributed by atoms with van der Waals surface area (Å²) in [4.78, 5) is 30.9. The quantitative estimate of drug-likeness (QED) is 0.438. The third kappa shape index (κ3) is 5.47. The van der Waals surface area contributed by atoms with Crippen LogP contribution in [0.15, 0.2) is 77.7 Å². The van der Waals surface area contributed by atoms with Gasteiger partial charge in [-0.25, -0.2) is 12.8 Å². The standard InChI is InChI=1S/C33H36FN3O5S/c1-3-31(38)35-18-19-37(43(40,41)26-14-8-22(2)9-15-26)28-20-30(42-21-29(28)35)33(39)36-17-16-23-6-4-5-7-27(23)32(36)24-10-12-25(34)13-11-24/h4-15,28-30,32H,3,16-21H2,1-2H3/t28-,29-,30+,32-/m0/s1. The minimum Gasteiger partial charge on any atom is -0.366 e. The molecule has 3 aromatic rings. The maximum absolute atomic E-state index is 14.3. The summed E-state index contributed by atoms with van der Waals surface area (Å²) in [6.07, 6.45) is 0.173. The van der Waals surface area contributed by atoms with Crippen LogP contribution in [0, 0.1) is 12.7 Å². The Bertz CT molecular complexity index is 1610. The number of carbonyl (C=O) groups is 2. The lowest BCUT2D eigenvalue weighted by Gasteiger charge is -2.50. The van der Waals surface area contributed by atoms with Gasteiger partial charge in [-0.2, -0.15) is 4.31 Å². The number of fused-ring (bicyclic) bond motifs is 2. The van der Waals surface area contributed by atoms with Gasteiger partial charge in [-0.1, -0.05) is 61.0 Å². The zero-order valence-electron chi connectivity index (χ0n) is 24.4. The van der Waals surface area contributed by atoms with Crippen molar-refractivity contribution >= 4 is 21.8 Å². The summed E-state index contributed by atoms with van der Waals surface area (Å²) >= 11 is 0. The van der Waals surface area contributed by atoms with E-state index >= 15 is 0 Å². The van der Waals surface area contributed by atoms with Gasteiger partial charge in [0.2, 0.25) is 15.9 Å². The Morgan fingerprint density at radius 1 is 0.907 bits per heavy atom. The molecule has 3 aliphatic rings. The molecular weight excluding hydrogens is 569 g/mol. The Labute approximate surface area is 252 Å². The van der Waals surface area contributed by atoms with Gasteiger partial charge < -0.3 is 14.5 Å². The van der Waals surface area contributed by atoms with Crippen molar-refractivity contribution in [3.63, 3.8) is 0 Å². The van der Waals surface area contributed by atoms with Crippen molar-refractivity contribution in [1.82, 2.24) is 14.1 Å². The number of nitrogens with zero attached hydrogens (tertiary/aromatic N) is 3. The number of sulfonamides is 1. The summed E-state index contributed by atoms with van der Waals surface area (Å²) < 4.78 is 49.4. The second kappa shape index (κ2) is 11.8. The van der Waals surface area contributed by atoms with Crippen LogP contribution in [0.5, 0.6) is 0 Å². The first-order chi connectivity index (χ1) is 20.7. The molecular formula is C33H36FN3O5S. The van der Waals surface area contributed by atoms with Crippen LogP contribution in [0.25, 0.3) is 0 Å². The van der Waals surface area contributed by atoms with Gasteiger partial charge in [0, 0.05) is 32.5 Å². The summed E-state index contributed by atoms with van der Waals surface area (Å²) in [5, 5.41) is 0. The molecule has 6 rings (SSSR count). The summed E-state index contributed by atoms with van der Waals surface area (Å²) in [5.74, 6) is -0.667. The average molecular weight is 606 g/mol. The maximum atomic E-state index is 14.3. The zero-order valence-corrected chi connectivity index (χ0v) is 25.2. The second-order valence-corrected chi connectivity index (χ2v) is 13.4. The molecule has 2 fully saturated rings. The smallest absolute Gasteiger partial charge is 0.252 e. The first kappa shape index (κ1) is 29.5. The van der Waals surface area contributed by atoms with E-state index in [0.717, 1.165) is 22.3 Å². The van der Waals surface area contributed by atoms with Crippen LogP contribution in [-0.4, -0.2) is 78.8 Å². The minimum absolute atomic E-state index is 0.0539. The highest BCUT2D eigenvalue weighted by Crippen LogP contribution is 2.38. The number of benzene rings is 3. The molecule has 0 unspecified atom stereocenters. The second-order valence-electron chi connectivity index (χ2n) is 11.5. The Hall–Kier alpha value is -3.60. The molecule has 0 saturated carbocycles. The molecule has 0 bridgehead atoms. The van der Waals surface area contributed by atoms with Crippen LogP contribution in [-0.2, 0) is 30.8 Å². The molecule has 0 aromatic heterocycles. The molecule has 0 N–H and O–H groups in total. The fraction of sp³-hybridized carbons (Fsp3) is 0.394. The van der Waals surface area contributed by atoms with Crippen molar-refractivity contribution < 1.29 is 27.1 Å². The molecule has 0 radical (unpaired) electrons. The van der Waals surface area contributed by atoms with Crippen LogP contribution >= 0.6 is 0 Å². The van der Waals surface area contributed by atoms with E-state index in [0.29, 0.717) is 19.4 Å². The summed E-state index contributed by atoms with van der Waals surface area (Å²) in [5.41, 5.74) is 3.84. The molecule has 4 atom stereocenters. The van der Waals surface area contributed by atoms with Crippen molar-refractivity contribution in [2.24, 2.45) is 0 Å². The van der Waals surface area contributed by atoms with Gasteiger partial charge in [0.05, 0.1) is 29.6 Å². The number of halogens is 1. The van der Waals surface area contributed by atoms with Gasteiger partial charge >= 0.3 is 0 Å². The average Bonchev–Trinajstić information content (AvgIpc) is 3.03. The topological polar surface area (TPSA) is 87.2 Å². The van der Waals surface area contributed by atoms with Gasteiger partial charge in [0.15, 0.2) is 0 Å². The predicted molar refractivity (Wildman–Crippen MR) is 159 cm³/mol. The number of aryl methyl sites for hydroxylation is 1. The van der Waals surface area contributed by atoms with E-state index in [1.165, 1.54) is 16.4 Å². The maximum Gasteiger partial charge on any atom is 0.252 e. The van der Waals surface area contributed by atoms with Gasteiger partial charge in [-0.05, 0) is 54.3 Å². The SMILES string of the molecule is CCC(=O)N1CCN(S(=O)(=O)c2ccc(C)cc2)[C@H]2C[C@H](C(=O)N3CCc4ccccc4[C@@H]3c3ccc(F)cc3)OC[C@@H]21. The predicted octanol–water partition coefficient (Wildman–Crippen LogP) is 4.08. The number of amides is 2. The molecule has 0 spiro atoms. The highest BCUT2D eigenvalue weighted by Gasteiger charge is 2.49. The van der Waals surface area contributed by atoms with Crippen molar-refractivity contribution in [1.29, 1.82) is 0 Å². The highest BCUT2D eigenvalue weighted by molar-refractivity contribution is 7.89. The third-order valence-corrected chi connectivity index (χ3v) is 10.9. The zero-order chi connectivity index (χ0) is 30.3. The minimum atomic E-state index is -3.90. The van der Waals surface area contributed by atoms with E-state index < -0.39 is 34.3 Å². The Morgan fingerprint density at radius 2 is 1.63 bits per heavy atom. The lowest BCUT2D eigenvalue weighted by atomic mass is 9.87. The molecule has 226 valence electrons. The van der Waals surface area contributed by atoms with Crippen LogP contribution in [0.1, 0.15) is 48.1 Å².